The molecule has 0 spiro atoms. The van der Waals surface area contributed by atoms with Gasteiger partial charge in [0, 0.05) is 11.5 Å². The summed E-state index contributed by atoms with van der Waals surface area (Å²) < 4.78 is 0. The minimum Gasteiger partial charge on any atom is -0.230 e. The molecule has 0 aromatic carbocycles. The Morgan fingerprint density at radius 1 is 1.08 bits per heavy atom. The maximum atomic E-state index is 4.29. The van der Waals surface area contributed by atoms with Gasteiger partial charge in [-0.3, -0.25) is 0 Å². The molecule has 1 heterocycles. The van der Waals surface area contributed by atoms with E-state index in [2.05, 4.69) is 11.3 Å². The molecule has 0 amide bonds. The summed E-state index contributed by atoms with van der Waals surface area (Å²) in [6.07, 6.45) is 12.2. The molecule has 71 valence electrons. The number of hydrogen-bond donors (Lipinski definition) is 0. The van der Waals surface area contributed by atoms with Crippen molar-refractivity contribution in [1.82, 2.24) is 5.09 Å². The van der Waals surface area contributed by atoms with Gasteiger partial charge in [0.15, 0.2) is 0 Å². The zero-order valence-corrected chi connectivity index (χ0v) is 9.73. The van der Waals surface area contributed by atoms with E-state index in [4.69, 9.17) is 0 Å². The zero-order chi connectivity index (χ0) is 8.93. The molecule has 0 bridgehead atoms. The third-order valence-electron chi connectivity index (χ3n) is 2.93. The molecule has 0 N–H and O–H groups in total. The second kappa shape index (κ2) is 5.13. The van der Waals surface area contributed by atoms with Gasteiger partial charge in [0.25, 0.3) is 0 Å². The van der Waals surface area contributed by atoms with Crippen molar-refractivity contribution < 1.29 is 0 Å². The Kier molecular flexibility index (Phi) is 3.82. The molecule has 13 heavy (non-hydrogen) atoms. The molecule has 0 unspecified atom stereocenters. The van der Waals surface area contributed by atoms with Gasteiger partial charge >= 0.3 is 0 Å². The molecule has 1 radical (unpaired) electrons. The van der Waals surface area contributed by atoms with Crippen LogP contribution in [0, 0.1) is 5.92 Å². The fraction of sp³-hybridized carbons (Fsp3) is 0.800. The molecule has 1 aliphatic carbocycles. The van der Waals surface area contributed by atoms with Crippen LogP contribution in [0.3, 0.4) is 0 Å². The van der Waals surface area contributed by atoms with Crippen LogP contribution >= 0.6 is 15.9 Å². The topological polar surface area (TPSA) is 14.1 Å². The van der Waals surface area contributed by atoms with Crippen molar-refractivity contribution in [2.45, 2.75) is 44.9 Å². The first-order valence-electron chi connectivity index (χ1n) is 5.28. The summed E-state index contributed by atoms with van der Waals surface area (Å²) in [5.74, 6) is 0.876. The van der Waals surface area contributed by atoms with Gasteiger partial charge in [-0.25, -0.2) is 5.09 Å². The van der Waals surface area contributed by atoms with Crippen molar-refractivity contribution in [2.24, 2.45) is 5.92 Å². The van der Waals surface area contributed by atoms with Gasteiger partial charge in [0.2, 0.25) is 0 Å². The summed E-state index contributed by atoms with van der Waals surface area (Å²) in [5, 5.41) is 5.91. The largest absolute Gasteiger partial charge is 0.230 e. The van der Waals surface area contributed by atoms with Crippen LogP contribution in [0.5, 0.6) is 0 Å². The quantitative estimate of drug-likeness (QED) is 0.567. The van der Waals surface area contributed by atoms with Crippen molar-refractivity contribution in [1.29, 1.82) is 0 Å². The van der Waals surface area contributed by atoms with Gasteiger partial charge in [-0.1, -0.05) is 32.1 Å². The third kappa shape index (κ3) is 2.79. The van der Waals surface area contributed by atoms with Gasteiger partial charge in [-0.05, 0) is 26.6 Å². The Morgan fingerprint density at radius 2 is 1.77 bits per heavy atom. The molecule has 1 saturated carbocycles. The fourth-order valence-electron chi connectivity index (χ4n) is 2.13. The van der Waals surface area contributed by atoms with Crippen LogP contribution in [-0.4, -0.2) is 0 Å². The molecular formula is C10H16NP2. The molecule has 1 aliphatic heterocycles. The minimum atomic E-state index is 0.876. The predicted molar refractivity (Wildman–Crippen MR) is 59.9 cm³/mol. The van der Waals surface area contributed by atoms with Crippen molar-refractivity contribution in [3.63, 3.8) is 0 Å². The Bertz CT molecular complexity index is 215. The van der Waals surface area contributed by atoms with Crippen molar-refractivity contribution in [3.8, 4) is 0 Å². The van der Waals surface area contributed by atoms with E-state index in [1.165, 1.54) is 60.8 Å². The van der Waals surface area contributed by atoms with E-state index in [0.29, 0.717) is 0 Å². The molecule has 1 nitrogen and oxygen atoms in total. The van der Waals surface area contributed by atoms with E-state index < -0.39 is 0 Å². The monoisotopic (exact) mass is 212 g/mol. The highest BCUT2D eigenvalue weighted by Gasteiger charge is 2.16. The van der Waals surface area contributed by atoms with Crippen LogP contribution in [0.1, 0.15) is 44.9 Å². The summed E-state index contributed by atoms with van der Waals surface area (Å²) in [6, 6.07) is 0. The Morgan fingerprint density at radius 3 is 2.38 bits per heavy atom. The highest BCUT2D eigenvalue weighted by Crippen LogP contribution is 2.40. The molecule has 1 fully saturated rings. The summed E-state index contributed by atoms with van der Waals surface area (Å²) in [5.41, 5.74) is 0. The predicted octanol–water partition coefficient (Wildman–Crippen LogP) is 4.53. The van der Waals surface area contributed by atoms with Gasteiger partial charge in [-0.15, -0.1) is 0 Å². The first-order chi connectivity index (χ1) is 6.47. The summed E-state index contributed by atoms with van der Waals surface area (Å²) in [6.45, 7) is 0. The van der Waals surface area contributed by atoms with Gasteiger partial charge in [-0.2, -0.15) is 0 Å². The highest BCUT2D eigenvalue weighted by atomic mass is 31.7. The molecule has 2 rings (SSSR count). The van der Waals surface area contributed by atoms with E-state index in [1.807, 2.05) is 0 Å². The van der Waals surface area contributed by atoms with Crippen molar-refractivity contribution >= 4 is 15.9 Å². The normalized spacial score (nSPS) is 27.2. The van der Waals surface area contributed by atoms with E-state index in [-0.39, 0.29) is 0 Å². The van der Waals surface area contributed by atoms with E-state index in [0.717, 1.165) is 5.92 Å². The molecule has 2 aliphatic rings. The molecular weight excluding hydrogens is 196 g/mol. The summed E-state index contributed by atoms with van der Waals surface area (Å²) >= 11 is 0. The smallest absolute Gasteiger partial charge is 0.0696 e. The Labute approximate surface area is 83.8 Å². The number of allylic oxidation sites excluding steroid dienone is 1. The van der Waals surface area contributed by atoms with Crippen molar-refractivity contribution in [3.05, 3.63) is 11.5 Å². The highest BCUT2D eigenvalue weighted by molar-refractivity contribution is 7.85. The second-order valence-corrected chi connectivity index (χ2v) is 6.16. The van der Waals surface area contributed by atoms with Gasteiger partial charge in [0.05, 0.1) is 8.02 Å². The molecule has 0 saturated heterocycles. The van der Waals surface area contributed by atoms with Gasteiger partial charge in [0.1, 0.15) is 0 Å². The number of nitrogens with zero attached hydrogens (tertiary/aromatic N) is 1. The van der Waals surface area contributed by atoms with Crippen LogP contribution in [-0.2, 0) is 0 Å². The van der Waals surface area contributed by atoms with E-state index >= 15 is 0 Å². The number of hydrogen-bond acceptors (Lipinski definition) is 0. The molecule has 3 heteroatoms. The first-order valence-corrected chi connectivity index (χ1v) is 7.72. The number of rotatable bonds is 1. The van der Waals surface area contributed by atoms with Gasteiger partial charge < -0.3 is 0 Å². The Balaban J connectivity index is 1.91. The lowest BCUT2D eigenvalue weighted by Crippen LogP contribution is -2.03. The zero-order valence-electron chi connectivity index (χ0n) is 7.95. The van der Waals surface area contributed by atoms with E-state index in [9.17, 15) is 0 Å². The van der Waals surface area contributed by atoms with Crippen LogP contribution in [0.4, 0.5) is 0 Å². The standard InChI is InChI=1S/C10H16NP2/c1-2-4-6-9(7-5-3-1)10-8-11-13-12-10/h8-9H,1-7H2. The van der Waals surface area contributed by atoms with E-state index in [1.54, 1.807) is 5.31 Å². The lowest BCUT2D eigenvalue weighted by molar-refractivity contribution is 0.430. The lowest BCUT2D eigenvalue weighted by Gasteiger charge is -2.18. The average molecular weight is 212 g/mol. The minimum absolute atomic E-state index is 0.876. The van der Waals surface area contributed by atoms with Crippen LogP contribution in [0.2, 0.25) is 0 Å². The van der Waals surface area contributed by atoms with Crippen molar-refractivity contribution in [2.75, 3.05) is 0 Å². The van der Waals surface area contributed by atoms with Crippen LogP contribution in [0.25, 0.3) is 0 Å². The summed E-state index contributed by atoms with van der Waals surface area (Å²) in [7, 11) is 2.71. The lowest BCUT2D eigenvalue weighted by atomic mass is 9.91. The first kappa shape index (κ1) is 9.69. The molecule has 0 aromatic heterocycles. The second-order valence-electron chi connectivity index (χ2n) is 3.90. The summed E-state index contributed by atoms with van der Waals surface area (Å²) in [4.78, 5) is 0. The fourth-order valence-corrected chi connectivity index (χ4v) is 4.34. The molecule has 0 aromatic rings. The average Bonchev–Trinajstić information content (AvgIpc) is 2.55. The SMILES string of the molecule is C1=C(C2CCCCCCC2)P=P[N]1. The van der Waals surface area contributed by atoms with Crippen LogP contribution in [0.15, 0.2) is 11.5 Å². The Hall–Kier alpha value is 0.140. The maximum absolute atomic E-state index is 4.29. The third-order valence-corrected chi connectivity index (χ3v) is 5.22. The maximum Gasteiger partial charge on any atom is 0.0696 e. The van der Waals surface area contributed by atoms with Crippen LogP contribution < -0.4 is 5.09 Å². The molecule has 0 atom stereocenters.